The van der Waals surface area contributed by atoms with E-state index in [1.807, 2.05) is 12.1 Å². The van der Waals surface area contributed by atoms with E-state index in [9.17, 15) is 9.59 Å². The Kier molecular flexibility index (Phi) is 5.09. The predicted molar refractivity (Wildman–Crippen MR) is 79.6 cm³/mol. The molecule has 2 aromatic carbocycles. The second-order valence-electron chi connectivity index (χ2n) is 4.19. The first kappa shape index (κ1) is 14.5. The van der Waals surface area contributed by atoms with Crippen molar-refractivity contribution in [1.29, 1.82) is 0 Å². The first-order chi connectivity index (χ1) is 9.72. The molecule has 1 atom stereocenters. The molecule has 0 radical (unpaired) electrons. The van der Waals surface area contributed by atoms with Crippen LogP contribution in [0.5, 0.6) is 0 Å². The van der Waals surface area contributed by atoms with Gasteiger partial charge in [0, 0.05) is 5.56 Å². The van der Waals surface area contributed by atoms with Crippen molar-refractivity contribution in [3.63, 3.8) is 0 Å². The lowest BCUT2D eigenvalue weighted by atomic mass is 10.1. The summed E-state index contributed by atoms with van der Waals surface area (Å²) < 4.78 is 0. The minimum absolute atomic E-state index is 0.179. The highest BCUT2D eigenvalue weighted by molar-refractivity contribution is 8.14. The molecule has 0 aliphatic heterocycles. The van der Waals surface area contributed by atoms with E-state index in [2.05, 4.69) is 0 Å². The number of ketones is 1. The Morgan fingerprint density at radius 1 is 0.950 bits per heavy atom. The van der Waals surface area contributed by atoms with Gasteiger partial charge in [0.25, 0.3) is 0 Å². The third kappa shape index (κ3) is 3.56. The molecule has 0 aromatic heterocycles. The van der Waals surface area contributed by atoms with Crippen LogP contribution in [0.3, 0.4) is 0 Å². The van der Waals surface area contributed by atoms with Gasteiger partial charge in [-0.1, -0.05) is 72.4 Å². The monoisotopic (exact) mass is 286 g/mol. The molecule has 0 amide bonds. The molecule has 0 saturated carbocycles. The third-order valence-electron chi connectivity index (χ3n) is 2.78. The van der Waals surface area contributed by atoms with Crippen molar-refractivity contribution in [3.05, 3.63) is 71.8 Å². The van der Waals surface area contributed by atoms with Gasteiger partial charge in [-0.05, 0) is 5.56 Å². The van der Waals surface area contributed by atoms with Gasteiger partial charge in [0.05, 0.1) is 5.25 Å². The predicted octanol–water partition coefficient (Wildman–Crippen LogP) is 2.86. The highest BCUT2D eigenvalue weighted by atomic mass is 32.2. The number of aliphatic hydroxyl groups is 1. The maximum absolute atomic E-state index is 12.2. The molecule has 4 heteroatoms. The smallest absolute Gasteiger partial charge is 0.220 e. The summed E-state index contributed by atoms with van der Waals surface area (Å²) in [5.74, 6) is -0.370. The molecular formula is C16H14O3S. The topological polar surface area (TPSA) is 54.4 Å². The lowest BCUT2D eigenvalue weighted by molar-refractivity contribution is -0.121. The number of thioether (sulfide) groups is 1. The molecule has 1 N–H and O–H groups in total. The number of hydrogen-bond acceptors (Lipinski definition) is 4. The van der Waals surface area contributed by atoms with Crippen LogP contribution in [0.1, 0.15) is 21.2 Å². The molecule has 1 unspecified atom stereocenters. The van der Waals surface area contributed by atoms with Gasteiger partial charge in [0.2, 0.25) is 5.12 Å². The number of Topliss-reactive ketones (excluding diaryl/α,β-unsaturated/α-hetero) is 1. The zero-order valence-electron chi connectivity index (χ0n) is 10.7. The van der Waals surface area contributed by atoms with E-state index in [-0.39, 0.29) is 10.9 Å². The fourth-order valence-electron chi connectivity index (χ4n) is 1.78. The molecule has 102 valence electrons. The Hall–Kier alpha value is -1.91. The highest BCUT2D eigenvalue weighted by Crippen LogP contribution is 2.32. The van der Waals surface area contributed by atoms with Crippen molar-refractivity contribution in [3.8, 4) is 0 Å². The number of carbonyl (C=O) groups is 2. The van der Waals surface area contributed by atoms with Crippen LogP contribution in [-0.4, -0.2) is 22.6 Å². The number of aliphatic hydroxyl groups excluding tert-OH is 1. The second kappa shape index (κ2) is 7.03. The van der Waals surface area contributed by atoms with E-state index in [1.165, 1.54) is 0 Å². The van der Waals surface area contributed by atoms with Crippen molar-refractivity contribution < 1.29 is 14.7 Å². The zero-order valence-corrected chi connectivity index (χ0v) is 11.5. The summed E-state index contributed by atoms with van der Waals surface area (Å²) in [7, 11) is 0. The summed E-state index contributed by atoms with van der Waals surface area (Å²) in [6, 6.07) is 17.8. The molecule has 0 aliphatic carbocycles. The van der Waals surface area contributed by atoms with Crippen LogP contribution in [0.15, 0.2) is 60.7 Å². The lowest BCUT2D eigenvalue weighted by Gasteiger charge is -2.13. The Balaban J connectivity index is 2.21. The molecular weight excluding hydrogens is 272 g/mol. The number of carbonyl (C=O) groups excluding carboxylic acids is 2. The molecule has 0 bridgehead atoms. The molecule has 0 heterocycles. The number of benzene rings is 2. The van der Waals surface area contributed by atoms with E-state index in [0.29, 0.717) is 5.56 Å². The van der Waals surface area contributed by atoms with E-state index >= 15 is 0 Å². The van der Waals surface area contributed by atoms with Gasteiger partial charge in [-0.25, -0.2) is 0 Å². The Labute approximate surface area is 121 Å². The molecule has 3 nitrogen and oxygen atoms in total. The van der Waals surface area contributed by atoms with Gasteiger partial charge in [0.1, 0.15) is 6.61 Å². The average Bonchev–Trinajstić information content (AvgIpc) is 2.53. The molecule has 0 aliphatic rings. The first-order valence-corrected chi connectivity index (χ1v) is 7.05. The van der Waals surface area contributed by atoms with Crippen molar-refractivity contribution in [2.75, 3.05) is 6.61 Å². The summed E-state index contributed by atoms with van der Waals surface area (Å²) >= 11 is 0.935. The quantitative estimate of drug-likeness (QED) is 0.918. The molecule has 0 saturated heterocycles. The first-order valence-electron chi connectivity index (χ1n) is 6.17. The largest absolute Gasteiger partial charge is 0.389 e. The van der Waals surface area contributed by atoms with E-state index < -0.39 is 11.9 Å². The fourth-order valence-corrected chi connectivity index (χ4v) is 2.77. The van der Waals surface area contributed by atoms with Crippen LogP contribution in [0.2, 0.25) is 0 Å². The van der Waals surface area contributed by atoms with E-state index in [1.54, 1.807) is 48.5 Å². The molecule has 20 heavy (non-hydrogen) atoms. The minimum atomic E-state index is -0.672. The minimum Gasteiger partial charge on any atom is -0.389 e. The highest BCUT2D eigenvalue weighted by Gasteiger charge is 2.24. The summed E-state index contributed by atoms with van der Waals surface area (Å²) in [5.41, 5.74) is 1.27. The third-order valence-corrected chi connectivity index (χ3v) is 4.01. The summed E-state index contributed by atoms with van der Waals surface area (Å²) in [5, 5.41) is 8.22. The summed E-state index contributed by atoms with van der Waals surface area (Å²) in [6.45, 7) is -0.575. The van der Waals surface area contributed by atoms with Gasteiger partial charge in [0.15, 0.2) is 5.78 Å². The molecule has 2 rings (SSSR count). The SMILES string of the molecule is O=C(SC(C(=O)CO)c1ccccc1)c1ccccc1. The number of rotatable bonds is 5. The van der Waals surface area contributed by atoms with Crippen molar-refractivity contribution >= 4 is 22.7 Å². The van der Waals surface area contributed by atoms with Crippen LogP contribution in [0.25, 0.3) is 0 Å². The fraction of sp³-hybridized carbons (Fsp3) is 0.125. The van der Waals surface area contributed by atoms with Gasteiger partial charge >= 0.3 is 0 Å². The lowest BCUT2D eigenvalue weighted by Crippen LogP contribution is -2.15. The second-order valence-corrected chi connectivity index (χ2v) is 5.26. The molecule has 0 spiro atoms. The summed E-state index contributed by atoms with van der Waals surface area (Å²) in [4.78, 5) is 24.0. The van der Waals surface area contributed by atoms with Gasteiger partial charge < -0.3 is 5.11 Å². The molecule has 0 fully saturated rings. The van der Waals surface area contributed by atoms with E-state index in [4.69, 9.17) is 5.11 Å². The van der Waals surface area contributed by atoms with E-state index in [0.717, 1.165) is 17.3 Å². The molecule has 2 aromatic rings. The summed E-state index contributed by atoms with van der Waals surface area (Å²) in [6.07, 6.45) is 0. The van der Waals surface area contributed by atoms with Crippen LogP contribution in [0, 0.1) is 0 Å². The van der Waals surface area contributed by atoms with Crippen molar-refractivity contribution in [2.24, 2.45) is 0 Å². The van der Waals surface area contributed by atoms with Crippen LogP contribution in [-0.2, 0) is 4.79 Å². The van der Waals surface area contributed by atoms with Gasteiger partial charge in [-0.2, -0.15) is 0 Å². The van der Waals surface area contributed by atoms with Gasteiger partial charge in [-0.3, -0.25) is 9.59 Å². The standard InChI is InChI=1S/C16H14O3S/c17-11-14(18)15(12-7-3-1-4-8-12)20-16(19)13-9-5-2-6-10-13/h1-10,15,17H,11H2. The normalized spacial score (nSPS) is 11.8. The maximum Gasteiger partial charge on any atom is 0.220 e. The van der Waals surface area contributed by atoms with Gasteiger partial charge in [-0.15, -0.1) is 0 Å². The van der Waals surface area contributed by atoms with Crippen LogP contribution >= 0.6 is 11.8 Å². The maximum atomic E-state index is 12.2. The Morgan fingerprint density at radius 2 is 1.50 bits per heavy atom. The van der Waals surface area contributed by atoms with Crippen molar-refractivity contribution in [1.82, 2.24) is 0 Å². The average molecular weight is 286 g/mol. The number of hydrogen-bond donors (Lipinski definition) is 1. The Bertz CT molecular complexity index is 581. The zero-order chi connectivity index (χ0) is 14.4. The Morgan fingerprint density at radius 3 is 2.05 bits per heavy atom. The van der Waals surface area contributed by atoms with Crippen LogP contribution in [0.4, 0.5) is 0 Å². The van der Waals surface area contributed by atoms with Crippen LogP contribution < -0.4 is 0 Å². The van der Waals surface area contributed by atoms with Crippen molar-refractivity contribution in [2.45, 2.75) is 5.25 Å².